The topological polar surface area (TPSA) is 50.4 Å². The van der Waals surface area contributed by atoms with Crippen LogP contribution in [0.25, 0.3) is 0 Å². The van der Waals surface area contributed by atoms with Crippen LogP contribution in [0.3, 0.4) is 0 Å². The standard InChI is InChI=1S/C15H23ClN2O2/c1-5-8-18-15(19)11(3)20-14-7-6-12(16)9-13(14)10(2)17-4/h6-7,9-11,17H,5,8H2,1-4H3,(H,18,19). The van der Waals surface area contributed by atoms with Gasteiger partial charge in [-0.1, -0.05) is 18.5 Å². The van der Waals surface area contributed by atoms with Crippen molar-refractivity contribution in [3.05, 3.63) is 28.8 Å². The molecule has 1 rings (SSSR count). The molecule has 0 fully saturated rings. The van der Waals surface area contributed by atoms with Crippen molar-refractivity contribution in [2.24, 2.45) is 0 Å². The van der Waals surface area contributed by atoms with Crippen molar-refractivity contribution in [3.63, 3.8) is 0 Å². The fourth-order valence-electron chi connectivity index (χ4n) is 1.76. The number of hydrogen-bond acceptors (Lipinski definition) is 3. The van der Waals surface area contributed by atoms with E-state index in [4.69, 9.17) is 16.3 Å². The van der Waals surface area contributed by atoms with Crippen LogP contribution in [0.15, 0.2) is 18.2 Å². The van der Waals surface area contributed by atoms with Crippen LogP contribution in [0.5, 0.6) is 5.75 Å². The molecule has 20 heavy (non-hydrogen) atoms. The van der Waals surface area contributed by atoms with E-state index in [-0.39, 0.29) is 11.9 Å². The van der Waals surface area contributed by atoms with E-state index in [0.29, 0.717) is 17.3 Å². The maximum absolute atomic E-state index is 11.8. The Morgan fingerprint density at radius 3 is 2.70 bits per heavy atom. The Labute approximate surface area is 125 Å². The summed E-state index contributed by atoms with van der Waals surface area (Å²) in [4.78, 5) is 11.8. The van der Waals surface area contributed by atoms with Gasteiger partial charge in [0.05, 0.1) is 0 Å². The number of carbonyl (C=O) groups excluding carboxylic acids is 1. The van der Waals surface area contributed by atoms with Crippen LogP contribution in [0.4, 0.5) is 0 Å². The first-order chi connectivity index (χ1) is 9.49. The highest BCUT2D eigenvalue weighted by Gasteiger charge is 2.17. The van der Waals surface area contributed by atoms with Crippen molar-refractivity contribution in [3.8, 4) is 5.75 Å². The summed E-state index contributed by atoms with van der Waals surface area (Å²) in [5.74, 6) is 0.570. The van der Waals surface area contributed by atoms with E-state index in [2.05, 4.69) is 10.6 Å². The highest BCUT2D eigenvalue weighted by Crippen LogP contribution is 2.29. The Hall–Kier alpha value is -1.26. The molecule has 0 saturated carbocycles. The van der Waals surface area contributed by atoms with Gasteiger partial charge in [-0.2, -0.15) is 0 Å². The van der Waals surface area contributed by atoms with E-state index in [9.17, 15) is 4.79 Å². The van der Waals surface area contributed by atoms with Crippen LogP contribution >= 0.6 is 11.6 Å². The van der Waals surface area contributed by atoms with Gasteiger partial charge in [-0.25, -0.2) is 0 Å². The van der Waals surface area contributed by atoms with Crippen LogP contribution in [-0.4, -0.2) is 25.6 Å². The summed E-state index contributed by atoms with van der Waals surface area (Å²) in [6.45, 7) is 6.43. The van der Waals surface area contributed by atoms with E-state index in [1.807, 2.05) is 27.0 Å². The zero-order valence-corrected chi connectivity index (χ0v) is 13.3. The van der Waals surface area contributed by atoms with Crippen molar-refractivity contribution in [2.75, 3.05) is 13.6 Å². The number of ether oxygens (including phenoxy) is 1. The van der Waals surface area contributed by atoms with E-state index in [0.717, 1.165) is 12.0 Å². The van der Waals surface area contributed by atoms with Crippen molar-refractivity contribution in [1.29, 1.82) is 0 Å². The maximum Gasteiger partial charge on any atom is 0.260 e. The van der Waals surface area contributed by atoms with E-state index < -0.39 is 6.10 Å². The first-order valence-corrected chi connectivity index (χ1v) is 7.28. The molecule has 2 N–H and O–H groups in total. The largest absolute Gasteiger partial charge is 0.481 e. The molecule has 0 heterocycles. The third-order valence-corrected chi connectivity index (χ3v) is 3.33. The van der Waals surface area contributed by atoms with E-state index in [1.54, 1.807) is 19.1 Å². The normalized spacial score (nSPS) is 13.7. The van der Waals surface area contributed by atoms with Gasteiger partial charge in [0.15, 0.2) is 6.10 Å². The highest BCUT2D eigenvalue weighted by molar-refractivity contribution is 6.30. The Morgan fingerprint density at radius 1 is 1.40 bits per heavy atom. The van der Waals surface area contributed by atoms with Crippen LogP contribution in [0.1, 0.15) is 38.8 Å². The van der Waals surface area contributed by atoms with Crippen LogP contribution in [0.2, 0.25) is 5.02 Å². The number of halogens is 1. The van der Waals surface area contributed by atoms with Crippen LogP contribution < -0.4 is 15.4 Å². The Bertz CT molecular complexity index is 451. The SMILES string of the molecule is CCCNC(=O)C(C)Oc1ccc(Cl)cc1C(C)NC. The predicted molar refractivity (Wildman–Crippen MR) is 82.3 cm³/mol. The van der Waals surface area contributed by atoms with Crippen LogP contribution in [0, 0.1) is 0 Å². The van der Waals surface area contributed by atoms with Gasteiger partial charge in [0.2, 0.25) is 0 Å². The molecule has 0 saturated heterocycles. The minimum atomic E-state index is -0.537. The molecule has 0 aliphatic carbocycles. The second-order valence-corrected chi connectivity index (χ2v) is 5.18. The number of nitrogens with one attached hydrogen (secondary N) is 2. The molecule has 1 amide bonds. The average Bonchev–Trinajstić information content (AvgIpc) is 2.45. The summed E-state index contributed by atoms with van der Waals surface area (Å²) in [7, 11) is 1.87. The quantitative estimate of drug-likeness (QED) is 0.814. The number of hydrogen-bond donors (Lipinski definition) is 2. The fourth-order valence-corrected chi connectivity index (χ4v) is 1.94. The molecule has 0 radical (unpaired) electrons. The Morgan fingerprint density at radius 2 is 2.10 bits per heavy atom. The lowest BCUT2D eigenvalue weighted by atomic mass is 10.1. The summed E-state index contributed by atoms with van der Waals surface area (Å²) in [6, 6.07) is 5.51. The summed E-state index contributed by atoms with van der Waals surface area (Å²) < 4.78 is 5.77. The molecule has 112 valence electrons. The number of rotatable bonds is 7. The van der Waals surface area contributed by atoms with Gasteiger partial charge < -0.3 is 15.4 Å². The number of benzene rings is 1. The van der Waals surface area contributed by atoms with Crippen molar-refractivity contribution < 1.29 is 9.53 Å². The van der Waals surface area contributed by atoms with Gasteiger partial charge in [0.1, 0.15) is 5.75 Å². The summed E-state index contributed by atoms with van der Waals surface area (Å²) >= 11 is 6.02. The molecule has 1 aromatic rings. The molecule has 2 atom stereocenters. The molecular weight excluding hydrogens is 276 g/mol. The monoisotopic (exact) mass is 298 g/mol. The summed E-state index contributed by atoms with van der Waals surface area (Å²) in [6.07, 6.45) is 0.368. The molecule has 1 aromatic carbocycles. The van der Waals surface area contributed by atoms with Gasteiger partial charge in [0.25, 0.3) is 5.91 Å². The molecule has 0 bridgehead atoms. The summed E-state index contributed by atoms with van der Waals surface area (Å²) in [5.41, 5.74) is 0.940. The molecule has 0 aliphatic heterocycles. The molecule has 5 heteroatoms. The molecule has 2 unspecified atom stereocenters. The number of amides is 1. The molecule has 0 aromatic heterocycles. The fraction of sp³-hybridized carbons (Fsp3) is 0.533. The van der Waals surface area contributed by atoms with E-state index >= 15 is 0 Å². The smallest absolute Gasteiger partial charge is 0.260 e. The minimum absolute atomic E-state index is 0.0922. The average molecular weight is 299 g/mol. The third-order valence-electron chi connectivity index (χ3n) is 3.09. The third kappa shape index (κ3) is 4.69. The second-order valence-electron chi connectivity index (χ2n) is 4.74. The van der Waals surface area contributed by atoms with E-state index in [1.165, 1.54) is 0 Å². The Balaban J connectivity index is 2.83. The lowest BCUT2D eigenvalue weighted by molar-refractivity contribution is -0.127. The number of carbonyl (C=O) groups is 1. The summed E-state index contributed by atoms with van der Waals surface area (Å²) in [5, 5.41) is 6.62. The van der Waals surface area contributed by atoms with Crippen LogP contribution in [-0.2, 0) is 4.79 Å². The first kappa shape index (κ1) is 16.8. The van der Waals surface area contributed by atoms with Crippen molar-refractivity contribution in [1.82, 2.24) is 10.6 Å². The minimum Gasteiger partial charge on any atom is -0.481 e. The molecule has 4 nitrogen and oxygen atoms in total. The van der Waals surface area contributed by atoms with Gasteiger partial charge in [0, 0.05) is 23.2 Å². The van der Waals surface area contributed by atoms with Gasteiger partial charge in [-0.05, 0) is 45.5 Å². The van der Waals surface area contributed by atoms with Gasteiger partial charge in [-0.3, -0.25) is 4.79 Å². The molecule has 0 spiro atoms. The maximum atomic E-state index is 11.8. The van der Waals surface area contributed by atoms with Gasteiger partial charge >= 0.3 is 0 Å². The zero-order valence-electron chi connectivity index (χ0n) is 12.5. The van der Waals surface area contributed by atoms with Gasteiger partial charge in [-0.15, -0.1) is 0 Å². The lowest BCUT2D eigenvalue weighted by Gasteiger charge is -2.20. The molecular formula is C15H23ClN2O2. The highest BCUT2D eigenvalue weighted by atomic mass is 35.5. The second kappa shape index (κ2) is 8.12. The van der Waals surface area contributed by atoms with Crippen molar-refractivity contribution >= 4 is 17.5 Å². The molecule has 0 aliphatic rings. The first-order valence-electron chi connectivity index (χ1n) is 6.90. The zero-order chi connectivity index (χ0) is 15.1. The predicted octanol–water partition coefficient (Wildman–Crippen LogP) is 2.91. The Kier molecular flexibility index (Phi) is 6.82. The van der Waals surface area contributed by atoms with Crippen molar-refractivity contribution in [2.45, 2.75) is 39.3 Å². The lowest BCUT2D eigenvalue weighted by Crippen LogP contribution is -2.36.